The lowest BCUT2D eigenvalue weighted by Crippen LogP contribution is -2.63. The average Bonchev–Trinajstić information content (AvgIpc) is 2.17. The first-order valence-electron chi connectivity index (χ1n) is 5.32. The van der Waals surface area contributed by atoms with Gasteiger partial charge in [-0.15, -0.1) is 0 Å². The molecule has 0 aromatic heterocycles. The van der Waals surface area contributed by atoms with Crippen molar-refractivity contribution in [2.24, 2.45) is 5.73 Å². The van der Waals surface area contributed by atoms with Crippen molar-refractivity contribution in [3.05, 3.63) is 0 Å². The Balaban J connectivity index is 2.71. The smallest absolute Gasteiger partial charge is 0.176 e. The number of hydrogen-bond donors (Lipinski definition) is 4. The summed E-state index contributed by atoms with van der Waals surface area (Å²) in [6.07, 6.45) is -4.07. The van der Waals surface area contributed by atoms with Crippen molar-refractivity contribution < 1.29 is 24.8 Å². The Morgan fingerprint density at radius 2 is 1.81 bits per heavy atom. The molecule has 1 rings (SSSR count). The van der Waals surface area contributed by atoms with Crippen LogP contribution in [0, 0.1) is 0 Å². The van der Waals surface area contributed by atoms with Crippen molar-refractivity contribution in [3.63, 3.8) is 0 Å². The molecule has 6 heteroatoms. The molecule has 0 aliphatic carbocycles. The molecule has 5 atom stereocenters. The molecule has 1 aliphatic heterocycles. The highest BCUT2D eigenvalue weighted by Gasteiger charge is 2.44. The second-order valence-electron chi connectivity index (χ2n) is 5.01. The third-order valence-corrected chi connectivity index (χ3v) is 2.40. The molecule has 0 spiro atoms. The predicted molar refractivity (Wildman–Crippen MR) is 56.6 cm³/mol. The number of rotatable bonds is 2. The summed E-state index contributed by atoms with van der Waals surface area (Å²) in [5, 5.41) is 28.2. The van der Waals surface area contributed by atoms with Gasteiger partial charge in [-0.3, -0.25) is 0 Å². The number of hydrogen-bond acceptors (Lipinski definition) is 6. The quantitative estimate of drug-likeness (QED) is 0.467. The standard InChI is InChI=1S/C10H21NO5/c1-10(2,3)16-9-6(11)8(14)7(13)5(4-12)15-9/h5-9,12-14H,4,11H2,1-3H3/t5?,6?,7-,8-,9?/m1/s1. The van der Waals surface area contributed by atoms with Crippen molar-refractivity contribution in [1.82, 2.24) is 0 Å². The molecule has 1 aliphatic rings. The van der Waals surface area contributed by atoms with Gasteiger partial charge in [0.1, 0.15) is 18.3 Å². The van der Waals surface area contributed by atoms with Gasteiger partial charge in [0.15, 0.2) is 6.29 Å². The molecule has 96 valence electrons. The van der Waals surface area contributed by atoms with Crippen LogP contribution in [0.4, 0.5) is 0 Å². The van der Waals surface area contributed by atoms with Crippen LogP contribution in [0.2, 0.25) is 0 Å². The largest absolute Gasteiger partial charge is 0.394 e. The Bertz CT molecular complexity index is 228. The third kappa shape index (κ3) is 3.13. The Morgan fingerprint density at radius 3 is 2.25 bits per heavy atom. The van der Waals surface area contributed by atoms with E-state index in [0.717, 1.165) is 0 Å². The first-order valence-corrected chi connectivity index (χ1v) is 5.32. The SMILES string of the molecule is CC(C)(C)OC1OC(CO)[C@@H](O)[C@H](O)C1N. The zero-order chi connectivity index (χ0) is 12.5. The second kappa shape index (κ2) is 4.95. The highest BCUT2D eigenvalue weighted by Crippen LogP contribution is 2.24. The van der Waals surface area contributed by atoms with E-state index >= 15 is 0 Å². The van der Waals surface area contributed by atoms with E-state index in [-0.39, 0.29) is 0 Å². The summed E-state index contributed by atoms with van der Waals surface area (Å²) in [6, 6.07) is -0.836. The zero-order valence-electron chi connectivity index (χ0n) is 9.83. The monoisotopic (exact) mass is 235 g/mol. The Morgan fingerprint density at radius 1 is 1.25 bits per heavy atom. The molecule has 5 N–H and O–H groups in total. The molecule has 0 aromatic carbocycles. The highest BCUT2D eigenvalue weighted by molar-refractivity contribution is 4.92. The van der Waals surface area contributed by atoms with E-state index in [0.29, 0.717) is 0 Å². The van der Waals surface area contributed by atoms with Crippen LogP contribution in [-0.4, -0.2) is 58.2 Å². The van der Waals surface area contributed by atoms with Crippen LogP contribution in [0.5, 0.6) is 0 Å². The second-order valence-corrected chi connectivity index (χ2v) is 5.01. The molecule has 0 saturated carbocycles. The lowest BCUT2D eigenvalue weighted by Gasteiger charge is -2.42. The third-order valence-electron chi connectivity index (χ3n) is 2.40. The van der Waals surface area contributed by atoms with Crippen LogP contribution in [-0.2, 0) is 9.47 Å². The molecule has 1 heterocycles. The van der Waals surface area contributed by atoms with E-state index < -0.39 is 42.9 Å². The van der Waals surface area contributed by atoms with E-state index in [2.05, 4.69) is 0 Å². The fourth-order valence-electron chi connectivity index (χ4n) is 1.56. The molecule has 3 unspecified atom stereocenters. The Labute approximate surface area is 95.0 Å². The van der Waals surface area contributed by atoms with Gasteiger partial charge in [0, 0.05) is 0 Å². The Hall–Kier alpha value is -0.240. The maximum absolute atomic E-state index is 9.67. The fourth-order valence-corrected chi connectivity index (χ4v) is 1.56. The van der Waals surface area contributed by atoms with Crippen molar-refractivity contribution in [3.8, 4) is 0 Å². The zero-order valence-corrected chi connectivity index (χ0v) is 9.83. The van der Waals surface area contributed by atoms with E-state index in [1.54, 1.807) is 0 Å². The minimum atomic E-state index is -1.19. The molecule has 0 bridgehead atoms. The molecule has 16 heavy (non-hydrogen) atoms. The maximum atomic E-state index is 9.67. The van der Waals surface area contributed by atoms with Crippen LogP contribution >= 0.6 is 0 Å². The lowest BCUT2D eigenvalue weighted by molar-refractivity contribution is -0.289. The van der Waals surface area contributed by atoms with E-state index in [4.69, 9.17) is 20.3 Å². The molecule has 0 radical (unpaired) electrons. The predicted octanol–water partition coefficient (Wildman–Crippen LogP) is -1.43. The number of ether oxygens (including phenoxy) is 2. The molecular weight excluding hydrogens is 214 g/mol. The van der Waals surface area contributed by atoms with E-state index in [1.807, 2.05) is 20.8 Å². The van der Waals surface area contributed by atoms with Crippen LogP contribution < -0.4 is 5.73 Å². The lowest BCUT2D eigenvalue weighted by atomic mass is 9.97. The minimum absolute atomic E-state index is 0.394. The summed E-state index contributed by atoms with van der Waals surface area (Å²) >= 11 is 0. The summed E-state index contributed by atoms with van der Waals surface area (Å²) in [5.74, 6) is 0. The van der Waals surface area contributed by atoms with Gasteiger partial charge in [0.2, 0.25) is 0 Å². The van der Waals surface area contributed by atoms with Gasteiger partial charge in [0.25, 0.3) is 0 Å². The van der Waals surface area contributed by atoms with Gasteiger partial charge in [0.05, 0.1) is 18.2 Å². The van der Waals surface area contributed by atoms with Crippen LogP contribution in [0.15, 0.2) is 0 Å². The van der Waals surface area contributed by atoms with Crippen molar-refractivity contribution >= 4 is 0 Å². The number of aliphatic hydroxyl groups is 3. The van der Waals surface area contributed by atoms with Gasteiger partial charge in [-0.2, -0.15) is 0 Å². The normalized spacial score (nSPS) is 41.1. The molecule has 6 nitrogen and oxygen atoms in total. The molecule has 1 saturated heterocycles. The average molecular weight is 235 g/mol. The summed E-state index contributed by atoms with van der Waals surface area (Å²) < 4.78 is 10.8. The van der Waals surface area contributed by atoms with E-state index in [1.165, 1.54) is 0 Å². The highest BCUT2D eigenvalue weighted by atomic mass is 16.7. The van der Waals surface area contributed by atoms with Crippen molar-refractivity contribution in [2.45, 2.75) is 57.0 Å². The van der Waals surface area contributed by atoms with Gasteiger partial charge in [-0.1, -0.05) is 0 Å². The van der Waals surface area contributed by atoms with Gasteiger partial charge in [-0.25, -0.2) is 0 Å². The first kappa shape index (κ1) is 13.8. The topological polar surface area (TPSA) is 105 Å². The molecular formula is C10H21NO5. The summed E-state index contributed by atoms with van der Waals surface area (Å²) in [4.78, 5) is 0. The van der Waals surface area contributed by atoms with Crippen molar-refractivity contribution in [1.29, 1.82) is 0 Å². The molecule has 1 fully saturated rings. The first-order chi connectivity index (χ1) is 7.26. The van der Waals surface area contributed by atoms with Crippen LogP contribution in [0.3, 0.4) is 0 Å². The molecule has 0 aromatic rings. The summed E-state index contributed by atoms with van der Waals surface area (Å²) in [6.45, 7) is 5.09. The summed E-state index contributed by atoms with van der Waals surface area (Å²) in [7, 11) is 0. The Kier molecular flexibility index (Phi) is 4.28. The minimum Gasteiger partial charge on any atom is -0.394 e. The van der Waals surface area contributed by atoms with Gasteiger partial charge >= 0.3 is 0 Å². The fraction of sp³-hybridized carbons (Fsp3) is 1.00. The summed E-state index contributed by atoms with van der Waals surface area (Å²) in [5.41, 5.74) is 5.21. The maximum Gasteiger partial charge on any atom is 0.176 e. The van der Waals surface area contributed by atoms with Gasteiger partial charge in [-0.05, 0) is 20.8 Å². The van der Waals surface area contributed by atoms with Crippen molar-refractivity contribution in [2.75, 3.05) is 6.61 Å². The van der Waals surface area contributed by atoms with Gasteiger partial charge < -0.3 is 30.5 Å². The number of nitrogens with two attached hydrogens (primary N) is 1. The van der Waals surface area contributed by atoms with E-state index in [9.17, 15) is 10.2 Å². The molecule has 0 amide bonds. The van der Waals surface area contributed by atoms with Crippen LogP contribution in [0.25, 0.3) is 0 Å². The number of aliphatic hydroxyl groups excluding tert-OH is 3. The van der Waals surface area contributed by atoms with Crippen LogP contribution in [0.1, 0.15) is 20.8 Å².